The number of nitrogens with one attached hydrogen (secondary N) is 2. The molecular formula is C16H22N6O. The van der Waals surface area contributed by atoms with Gasteiger partial charge in [0.2, 0.25) is 5.91 Å². The van der Waals surface area contributed by atoms with Crippen LogP contribution in [0.15, 0.2) is 18.6 Å². The van der Waals surface area contributed by atoms with Gasteiger partial charge in [0.05, 0.1) is 42.6 Å². The van der Waals surface area contributed by atoms with Gasteiger partial charge in [-0.3, -0.25) is 24.8 Å². The zero-order chi connectivity index (χ0) is 16.2. The summed E-state index contributed by atoms with van der Waals surface area (Å²) in [5, 5.41) is 9.85. The highest BCUT2D eigenvalue weighted by atomic mass is 16.1. The molecular weight excluding hydrogens is 292 g/mol. The minimum atomic E-state index is -0.0601. The Kier molecular flexibility index (Phi) is 4.66. The SMILES string of the molecule is CC(=O)NCc1cncc([C@H]2CCCN2Cc2cn[nH]c2C)n1. The van der Waals surface area contributed by atoms with Crippen molar-refractivity contribution in [1.82, 2.24) is 30.4 Å². The van der Waals surface area contributed by atoms with Crippen molar-refractivity contribution in [3.05, 3.63) is 41.2 Å². The second-order valence-electron chi connectivity index (χ2n) is 5.99. The Balaban J connectivity index is 1.73. The maximum atomic E-state index is 11.0. The van der Waals surface area contributed by atoms with E-state index in [9.17, 15) is 4.79 Å². The molecule has 1 aliphatic rings. The van der Waals surface area contributed by atoms with Crippen molar-refractivity contribution in [3.8, 4) is 0 Å². The molecule has 0 aliphatic carbocycles. The second kappa shape index (κ2) is 6.87. The van der Waals surface area contributed by atoms with Gasteiger partial charge < -0.3 is 5.32 Å². The van der Waals surface area contributed by atoms with E-state index in [2.05, 4.69) is 30.4 Å². The molecule has 0 spiro atoms. The predicted molar refractivity (Wildman–Crippen MR) is 85.3 cm³/mol. The molecule has 1 saturated heterocycles. The van der Waals surface area contributed by atoms with Gasteiger partial charge in [0.25, 0.3) is 0 Å². The summed E-state index contributed by atoms with van der Waals surface area (Å²) in [7, 11) is 0. The van der Waals surface area contributed by atoms with Crippen molar-refractivity contribution in [1.29, 1.82) is 0 Å². The Bertz CT molecular complexity index is 683. The van der Waals surface area contributed by atoms with Crippen LogP contribution in [0.1, 0.15) is 48.5 Å². The van der Waals surface area contributed by atoms with Crippen LogP contribution in [0.3, 0.4) is 0 Å². The zero-order valence-electron chi connectivity index (χ0n) is 13.5. The Hall–Kier alpha value is -2.28. The van der Waals surface area contributed by atoms with Gasteiger partial charge in [0, 0.05) is 24.7 Å². The van der Waals surface area contributed by atoms with Crippen LogP contribution in [0.5, 0.6) is 0 Å². The minimum Gasteiger partial charge on any atom is -0.351 e. The Morgan fingerprint density at radius 2 is 2.30 bits per heavy atom. The van der Waals surface area contributed by atoms with Crippen molar-refractivity contribution in [2.45, 2.75) is 45.8 Å². The molecule has 1 fully saturated rings. The van der Waals surface area contributed by atoms with Gasteiger partial charge in [-0.05, 0) is 26.3 Å². The number of carbonyl (C=O) groups excluding carboxylic acids is 1. The Labute approximate surface area is 135 Å². The number of aromatic nitrogens is 4. The summed E-state index contributed by atoms with van der Waals surface area (Å²) in [5.41, 5.74) is 4.11. The van der Waals surface area contributed by atoms with Crippen molar-refractivity contribution < 1.29 is 4.79 Å². The molecule has 3 rings (SSSR count). The molecule has 1 amide bonds. The van der Waals surface area contributed by atoms with E-state index in [4.69, 9.17) is 0 Å². The second-order valence-corrected chi connectivity index (χ2v) is 5.99. The maximum absolute atomic E-state index is 11.0. The molecule has 0 bridgehead atoms. The first-order valence-electron chi connectivity index (χ1n) is 7.91. The summed E-state index contributed by atoms with van der Waals surface area (Å²) < 4.78 is 0. The fraction of sp³-hybridized carbons (Fsp3) is 0.500. The van der Waals surface area contributed by atoms with E-state index in [0.717, 1.165) is 43.0 Å². The number of amides is 1. The predicted octanol–water partition coefficient (Wildman–Crippen LogP) is 1.48. The van der Waals surface area contributed by atoms with Crippen LogP contribution in [-0.2, 0) is 17.9 Å². The number of carbonyl (C=O) groups is 1. The largest absolute Gasteiger partial charge is 0.351 e. The van der Waals surface area contributed by atoms with Crippen LogP contribution < -0.4 is 5.32 Å². The molecule has 2 aromatic heterocycles. The summed E-state index contributed by atoms with van der Waals surface area (Å²) in [5.74, 6) is -0.0601. The van der Waals surface area contributed by atoms with Crippen molar-refractivity contribution in [3.63, 3.8) is 0 Å². The van der Waals surface area contributed by atoms with Crippen LogP contribution in [0.25, 0.3) is 0 Å². The first-order valence-corrected chi connectivity index (χ1v) is 7.91. The normalized spacial score (nSPS) is 18.3. The van der Waals surface area contributed by atoms with Crippen molar-refractivity contribution in [2.75, 3.05) is 6.54 Å². The molecule has 0 saturated carbocycles. The monoisotopic (exact) mass is 314 g/mol. The lowest BCUT2D eigenvalue weighted by Crippen LogP contribution is -2.25. The fourth-order valence-electron chi connectivity index (χ4n) is 2.99. The van der Waals surface area contributed by atoms with E-state index in [1.807, 2.05) is 19.3 Å². The van der Waals surface area contributed by atoms with Crippen molar-refractivity contribution in [2.24, 2.45) is 0 Å². The van der Waals surface area contributed by atoms with E-state index in [1.54, 1.807) is 6.20 Å². The molecule has 0 aromatic carbocycles. The number of H-pyrrole nitrogens is 1. The van der Waals surface area contributed by atoms with Crippen LogP contribution in [0, 0.1) is 6.92 Å². The fourth-order valence-corrected chi connectivity index (χ4v) is 2.99. The van der Waals surface area contributed by atoms with Gasteiger partial charge in [-0.25, -0.2) is 0 Å². The lowest BCUT2D eigenvalue weighted by Gasteiger charge is -2.23. The van der Waals surface area contributed by atoms with E-state index in [1.165, 1.54) is 12.5 Å². The number of hydrogen-bond donors (Lipinski definition) is 2. The van der Waals surface area contributed by atoms with Crippen LogP contribution in [0.4, 0.5) is 0 Å². The minimum absolute atomic E-state index is 0.0601. The highest BCUT2D eigenvalue weighted by Crippen LogP contribution is 2.32. The summed E-state index contributed by atoms with van der Waals surface area (Å²) in [4.78, 5) is 22.4. The van der Waals surface area contributed by atoms with Gasteiger partial charge >= 0.3 is 0 Å². The highest BCUT2D eigenvalue weighted by molar-refractivity contribution is 5.72. The quantitative estimate of drug-likeness (QED) is 0.873. The van der Waals surface area contributed by atoms with Crippen LogP contribution in [0.2, 0.25) is 0 Å². The molecule has 0 radical (unpaired) electrons. The summed E-state index contributed by atoms with van der Waals surface area (Å²) in [6.45, 7) is 5.88. The molecule has 1 atom stereocenters. The van der Waals surface area contributed by atoms with Crippen molar-refractivity contribution >= 4 is 5.91 Å². The van der Waals surface area contributed by atoms with E-state index in [0.29, 0.717) is 6.54 Å². The molecule has 0 unspecified atom stereocenters. The van der Waals surface area contributed by atoms with E-state index in [-0.39, 0.29) is 11.9 Å². The highest BCUT2D eigenvalue weighted by Gasteiger charge is 2.28. The number of aryl methyl sites for hydroxylation is 1. The van der Waals surface area contributed by atoms with Gasteiger partial charge in [0.15, 0.2) is 0 Å². The molecule has 7 nitrogen and oxygen atoms in total. The first-order chi connectivity index (χ1) is 11.1. The number of likely N-dealkylation sites (tertiary alicyclic amines) is 1. The number of nitrogens with zero attached hydrogens (tertiary/aromatic N) is 4. The third-order valence-electron chi connectivity index (χ3n) is 4.23. The number of aromatic amines is 1. The van der Waals surface area contributed by atoms with Gasteiger partial charge in [-0.1, -0.05) is 0 Å². The smallest absolute Gasteiger partial charge is 0.217 e. The summed E-state index contributed by atoms with van der Waals surface area (Å²) in [6, 6.07) is 0.272. The molecule has 2 N–H and O–H groups in total. The molecule has 1 aliphatic heterocycles. The molecule has 7 heteroatoms. The Morgan fingerprint density at radius 1 is 1.43 bits per heavy atom. The maximum Gasteiger partial charge on any atom is 0.217 e. The van der Waals surface area contributed by atoms with E-state index >= 15 is 0 Å². The zero-order valence-corrected chi connectivity index (χ0v) is 13.5. The lowest BCUT2D eigenvalue weighted by molar-refractivity contribution is -0.119. The first kappa shape index (κ1) is 15.6. The third-order valence-corrected chi connectivity index (χ3v) is 4.23. The average molecular weight is 314 g/mol. The summed E-state index contributed by atoms with van der Waals surface area (Å²) >= 11 is 0. The number of hydrogen-bond acceptors (Lipinski definition) is 5. The summed E-state index contributed by atoms with van der Waals surface area (Å²) in [6.07, 6.45) is 7.67. The van der Waals surface area contributed by atoms with Crippen LogP contribution in [-0.4, -0.2) is 37.5 Å². The molecule has 2 aromatic rings. The van der Waals surface area contributed by atoms with Gasteiger partial charge in [0.1, 0.15) is 0 Å². The molecule has 122 valence electrons. The third kappa shape index (κ3) is 3.73. The topological polar surface area (TPSA) is 86.8 Å². The molecule has 23 heavy (non-hydrogen) atoms. The average Bonchev–Trinajstić information content (AvgIpc) is 3.16. The standard InChI is InChI=1S/C16H22N6O/c1-11-13(6-19-21-11)10-22-5-3-4-16(22)15-9-17-7-14(20-15)8-18-12(2)23/h6-7,9,16H,3-5,8,10H2,1-2H3,(H,18,23)(H,19,21)/t16-/m1/s1. The van der Waals surface area contributed by atoms with E-state index < -0.39 is 0 Å². The van der Waals surface area contributed by atoms with Crippen LogP contribution >= 0.6 is 0 Å². The molecule has 3 heterocycles. The lowest BCUT2D eigenvalue weighted by atomic mass is 10.1. The number of rotatable bonds is 5. The Morgan fingerprint density at radius 3 is 3.04 bits per heavy atom. The van der Waals surface area contributed by atoms with Gasteiger partial charge in [-0.15, -0.1) is 0 Å². The van der Waals surface area contributed by atoms with Gasteiger partial charge in [-0.2, -0.15) is 5.10 Å².